The van der Waals surface area contributed by atoms with Crippen molar-refractivity contribution in [2.75, 3.05) is 0 Å². The van der Waals surface area contributed by atoms with Crippen LogP contribution in [-0.2, 0) is 37.0 Å². The van der Waals surface area contributed by atoms with Gasteiger partial charge in [-0.15, -0.1) is 0 Å². The van der Waals surface area contributed by atoms with Gasteiger partial charge in [0.05, 0.1) is 35.5 Å². The number of rotatable bonds is 9. The summed E-state index contributed by atoms with van der Waals surface area (Å²) in [6.07, 6.45) is 7.65. The number of β-lactam (4-membered cyclic amide) rings is 2. The van der Waals surface area contributed by atoms with Crippen molar-refractivity contribution in [1.82, 2.24) is 19.8 Å². The van der Waals surface area contributed by atoms with Gasteiger partial charge in [-0.25, -0.2) is 4.79 Å². The van der Waals surface area contributed by atoms with Crippen molar-refractivity contribution in [3.63, 3.8) is 0 Å². The Morgan fingerprint density at radius 2 is 1.16 bits per heavy atom. The van der Waals surface area contributed by atoms with E-state index in [9.17, 15) is 24.3 Å². The summed E-state index contributed by atoms with van der Waals surface area (Å²) < 4.78 is 6.15. The minimum atomic E-state index is -1.19. The minimum absolute atomic E-state index is 0. The quantitative estimate of drug-likeness (QED) is 0.107. The van der Waals surface area contributed by atoms with E-state index in [1.165, 1.54) is 4.90 Å². The number of nitrogens with zero attached hydrogens (tertiary/aromatic N) is 4. The second kappa shape index (κ2) is 17.1. The molecule has 6 heterocycles. The summed E-state index contributed by atoms with van der Waals surface area (Å²) in [6, 6.07) is 24.9. The standard InChI is InChI=1S/C29H29N3O3.C16H19N3O3.Na/c1-29(2)17-24-23(16-22-15-19(18-30)13-14-31-22)27(33)32(24)26(29)28(34)35-25(20-9-5-3-6-10-20)21-11-7-4-8-12-21;1-16(2)7-12-11(14(20)19(12)13(16)15(21)22)6-10-5-9(8-17)3-4-18-10;/h3-16,24-26H,17-18,30H2,1-2H3;3-6,12-13H,7-8,17H2,1-2H3,(H,21,22);/q;;+1/p-1/b23-16+;11-6+;/t24?,26-;12?,13-;/m00./s1. The number of amides is 2. The van der Waals surface area contributed by atoms with E-state index in [1.807, 2.05) is 119 Å². The Hall–Kier alpha value is -4.98. The first-order chi connectivity index (χ1) is 27.2. The molecule has 2 aromatic carbocycles. The number of aliphatic carboxylic acids is 1. The molecule has 8 rings (SSSR count). The molecule has 0 spiro atoms. The van der Waals surface area contributed by atoms with Crippen molar-refractivity contribution in [3.05, 3.63) is 142 Å². The first-order valence-electron chi connectivity index (χ1n) is 19.1. The van der Waals surface area contributed by atoms with Crippen LogP contribution in [0.5, 0.6) is 0 Å². The zero-order chi connectivity index (χ0) is 40.6. The van der Waals surface area contributed by atoms with E-state index in [2.05, 4.69) is 9.97 Å². The number of hydrogen-bond donors (Lipinski definition) is 2. The molecule has 294 valence electrons. The number of carboxylic acid groups (broad SMARTS) is 1. The van der Waals surface area contributed by atoms with Gasteiger partial charge >= 0.3 is 35.5 Å². The number of ether oxygens (including phenoxy) is 1. The molecule has 2 aromatic heterocycles. The molecule has 4 saturated heterocycles. The molecule has 4 aliphatic heterocycles. The molecule has 4 aliphatic rings. The summed E-state index contributed by atoms with van der Waals surface area (Å²) >= 11 is 0. The van der Waals surface area contributed by atoms with Crippen molar-refractivity contribution in [2.24, 2.45) is 22.3 Å². The van der Waals surface area contributed by atoms with Crippen LogP contribution in [0.15, 0.2) is 108 Å². The van der Waals surface area contributed by atoms with Crippen LogP contribution in [0.4, 0.5) is 0 Å². The van der Waals surface area contributed by atoms with Crippen LogP contribution in [0.2, 0.25) is 0 Å². The van der Waals surface area contributed by atoms with Gasteiger partial charge in [-0.2, -0.15) is 0 Å². The van der Waals surface area contributed by atoms with Crippen LogP contribution in [0, 0.1) is 10.8 Å². The molecule has 12 nitrogen and oxygen atoms in total. The third-order valence-electron chi connectivity index (χ3n) is 11.5. The molecule has 0 aliphatic carbocycles. The Kier molecular flexibility index (Phi) is 12.6. The first-order valence-corrected chi connectivity index (χ1v) is 19.1. The van der Waals surface area contributed by atoms with Gasteiger partial charge in [0.25, 0.3) is 11.8 Å². The predicted molar refractivity (Wildman–Crippen MR) is 212 cm³/mol. The van der Waals surface area contributed by atoms with Crippen LogP contribution in [0.25, 0.3) is 12.2 Å². The molecule has 13 heteroatoms. The van der Waals surface area contributed by atoms with Crippen LogP contribution < -0.4 is 46.1 Å². The fourth-order valence-corrected chi connectivity index (χ4v) is 8.68. The second-order valence-corrected chi connectivity index (χ2v) is 16.4. The van der Waals surface area contributed by atoms with E-state index >= 15 is 0 Å². The number of benzene rings is 2. The fraction of sp³-hybridized carbons (Fsp3) is 0.333. The number of esters is 1. The van der Waals surface area contributed by atoms with Crippen molar-refractivity contribution in [2.45, 2.75) is 83.9 Å². The number of nitrogens with two attached hydrogens (primary N) is 2. The Labute approximate surface area is 360 Å². The molecule has 0 saturated carbocycles. The van der Waals surface area contributed by atoms with Gasteiger partial charge in [0.15, 0.2) is 6.10 Å². The van der Waals surface area contributed by atoms with Crippen molar-refractivity contribution >= 4 is 35.9 Å². The molecule has 0 bridgehead atoms. The zero-order valence-corrected chi connectivity index (χ0v) is 35.5. The Balaban J connectivity index is 0.000000213. The molecular formula is C45H47N6NaO6. The van der Waals surface area contributed by atoms with Crippen LogP contribution >= 0.6 is 0 Å². The summed E-state index contributed by atoms with van der Waals surface area (Å²) in [6.45, 7) is 8.56. The largest absolute Gasteiger partial charge is 1.00 e. The summed E-state index contributed by atoms with van der Waals surface area (Å²) in [5.41, 5.74) is 16.7. The smallest absolute Gasteiger partial charge is 0.548 e. The molecular weight excluding hydrogens is 744 g/mol. The van der Waals surface area contributed by atoms with Gasteiger partial charge in [-0.05, 0) is 82.3 Å². The van der Waals surface area contributed by atoms with E-state index in [4.69, 9.17) is 16.2 Å². The Morgan fingerprint density at radius 1 is 0.741 bits per heavy atom. The molecule has 0 radical (unpaired) electrons. The van der Waals surface area contributed by atoms with Gasteiger partial charge in [-0.3, -0.25) is 19.6 Å². The summed E-state index contributed by atoms with van der Waals surface area (Å²) in [5.74, 6) is -1.96. The monoisotopic (exact) mass is 790 g/mol. The fourth-order valence-electron chi connectivity index (χ4n) is 8.68. The van der Waals surface area contributed by atoms with Crippen LogP contribution in [0.1, 0.15) is 80.3 Å². The molecule has 2 amide bonds. The summed E-state index contributed by atoms with van der Waals surface area (Å²) in [5, 5.41) is 11.4. The SMILES string of the molecule is CC1(C)CC2/C(=C\c3cc(CN)ccn3)C(=O)N2[C@H]1C(=O)OC(c1ccccc1)c1ccccc1.CC1(C)CC2/C(=C\c3cc(CN)ccn3)C(=O)N2[C@H]1C(=O)[O-].[Na+]. The average Bonchev–Trinajstić information content (AvgIpc) is 3.63. The number of pyridine rings is 2. The maximum atomic E-state index is 13.6. The normalized spacial score (nSPS) is 23.6. The van der Waals surface area contributed by atoms with E-state index < -0.39 is 35.0 Å². The second-order valence-electron chi connectivity index (χ2n) is 16.4. The number of carbonyl (C=O) groups excluding carboxylic acids is 4. The van der Waals surface area contributed by atoms with E-state index in [1.54, 1.807) is 23.4 Å². The maximum absolute atomic E-state index is 13.6. The van der Waals surface area contributed by atoms with Gasteiger partial charge < -0.3 is 35.9 Å². The third kappa shape index (κ3) is 8.17. The molecule has 4 atom stereocenters. The number of carbonyl (C=O) groups is 4. The summed E-state index contributed by atoms with van der Waals surface area (Å²) in [4.78, 5) is 62.2. The van der Waals surface area contributed by atoms with Gasteiger partial charge in [0.1, 0.15) is 6.04 Å². The van der Waals surface area contributed by atoms with Gasteiger partial charge in [0.2, 0.25) is 0 Å². The Bertz CT molecular complexity index is 2220. The van der Waals surface area contributed by atoms with Crippen molar-refractivity contribution in [1.29, 1.82) is 0 Å². The number of carboxylic acids is 1. The molecule has 4 fully saturated rings. The van der Waals surface area contributed by atoms with Gasteiger partial charge in [-0.1, -0.05) is 88.4 Å². The topological polar surface area (TPSA) is 185 Å². The van der Waals surface area contributed by atoms with Crippen LogP contribution in [0.3, 0.4) is 0 Å². The van der Waals surface area contributed by atoms with E-state index in [0.29, 0.717) is 48.5 Å². The van der Waals surface area contributed by atoms with E-state index in [0.717, 1.165) is 22.3 Å². The maximum Gasteiger partial charge on any atom is 1.00 e. The predicted octanol–water partition coefficient (Wildman–Crippen LogP) is 0.953. The zero-order valence-electron chi connectivity index (χ0n) is 33.5. The molecule has 2 unspecified atom stereocenters. The Morgan fingerprint density at radius 3 is 1.57 bits per heavy atom. The number of fused-ring (bicyclic) bond motifs is 2. The van der Waals surface area contributed by atoms with E-state index in [-0.39, 0.29) is 59.4 Å². The van der Waals surface area contributed by atoms with Crippen molar-refractivity contribution < 1.29 is 58.6 Å². The average molecular weight is 791 g/mol. The first kappa shape index (κ1) is 42.6. The number of hydrogen-bond acceptors (Lipinski definition) is 10. The van der Waals surface area contributed by atoms with Crippen molar-refractivity contribution in [3.8, 4) is 0 Å². The van der Waals surface area contributed by atoms with Crippen LogP contribution in [-0.4, -0.2) is 67.7 Å². The third-order valence-corrected chi connectivity index (χ3v) is 11.5. The molecule has 4 aromatic rings. The number of aromatic nitrogens is 2. The minimum Gasteiger partial charge on any atom is -0.548 e. The van der Waals surface area contributed by atoms with Gasteiger partial charge in [0, 0.05) is 36.6 Å². The molecule has 4 N–H and O–H groups in total. The molecule has 58 heavy (non-hydrogen) atoms. The summed E-state index contributed by atoms with van der Waals surface area (Å²) in [7, 11) is 0.